The largest absolute Gasteiger partial charge is 0.319 e. The van der Waals surface area contributed by atoms with E-state index in [1.54, 1.807) is 0 Å². The third-order valence-electron chi connectivity index (χ3n) is 2.65. The van der Waals surface area contributed by atoms with E-state index in [4.69, 9.17) is 0 Å². The Kier molecular flexibility index (Phi) is 3.95. The second kappa shape index (κ2) is 4.79. The Morgan fingerprint density at radius 3 is 2.36 bits per heavy atom. The van der Waals surface area contributed by atoms with Gasteiger partial charge in [-0.05, 0) is 18.9 Å². The fourth-order valence-electron chi connectivity index (χ4n) is 1.83. The van der Waals surface area contributed by atoms with Gasteiger partial charge < -0.3 is 4.57 Å². The lowest BCUT2D eigenvalue weighted by atomic mass is 10.2. The van der Waals surface area contributed by atoms with Gasteiger partial charge in [0.15, 0.2) is 0 Å². The molecule has 0 aromatic heterocycles. The van der Waals surface area contributed by atoms with E-state index < -0.39 is 7.14 Å². The molecule has 0 spiro atoms. The lowest BCUT2D eigenvalue weighted by Crippen LogP contribution is -2.12. The van der Waals surface area contributed by atoms with Crippen molar-refractivity contribution in [1.29, 1.82) is 0 Å². The molecule has 0 fully saturated rings. The Labute approximate surface area is 86.9 Å². The topological polar surface area (TPSA) is 17.1 Å². The molecule has 0 radical (unpaired) electrons. The van der Waals surface area contributed by atoms with Crippen LogP contribution < -0.4 is 5.30 Å². The van der Waals surface area contributed by atoms with Crippen LogP contribution in [0.2, 0.25) is 0 Å². The molecule has 1 aromatic carbocycles. The zero-order chi connectivity index (χ0) is 10.6. The highest BCUT2D eigenvalue weighted by atomic mass is 31.2. The summed E-state index contributed by atoms with van der Waals surface area (Å²) in [6.07, 6.45) is 2.62. The van der Waals surface area contributed by atoms with Gasteiger partial charge in [0.1, 0.15) is 7.14 Å². The van der Waals surface area contributed by atoms with Crippen LogP contribution in [0.1, 0.15) is 25.8 Å². The first-order valence-electron chi connectivity index (χ1n) is 5.28. The van der Waals surface area contributed by atoms with E-state index >= 15 is 0 Å². The highest BCUT2D eigenvalue weighted by Gasteiger charge is 2.22. The van der Waals surface area contributed by atoms with Gasteiger partial charge in [-0.2, -0.15) is 0 Å². The average molecular weight is 210 g/mol. The summed E-state index contributed by atoms with van der Waals surface area (Å²) < 4.78 is 12.6. The minimum atomic E-state index is -2.09. The van der Waals surface area contributed by atoms with Gasteiger partial charge in [0.25, 0.3) is 0 Å². The average Bonchev–Trinajstić information content (AvgIpc) is 2.18. The first kappa shape index (κ1) is 11.5. The maximum absolute atomic E-state index is 12.6. The van der Waals surface area contributed by atoms with Crippen LogP contribution in [0.5, 0.6) is 0 Å². The van der Waals surface area contributed by atoms with Gasteiger partial charge in [0.2, 0.25) is 0 Å². The standard InChI is InChI=1S/C12H19OP/c1-4-10-14(13,5-2)12-9-7-6-8-11(12)3/h6-9H,4-5,10H2,1-3H3. The van der Waals surface area contributed by atoms with Crippen molar-refractivity contribution < 1.29 is 4.57 Å². The summed E-state index contributed by atoms with van der Waals surface area (Å²) in [7, 11) is -2.09. The van der Waals surface area contributed by atoms with Crippen LogP contribution in [0.3, 0.4) is 0 Å². The van der Waals surface area contributed by atoms with Crippen molar-refractivity contribution in [3.63, 3.8) is 0 Å². The molecule has 0 saturated carbocycles. The molecule has 0 N–H and O–H groups in total. The zero-order valence-electron chi connectivity index (χ0n) is 9.29. The first-order chi connectivity index (χ1) is 6.64. The summed E-state index contributed by atoms with van der Waals surface area (Å²) in [5.74, 6) is 0. The Bertz CT molecular complexity index is 344. The van der Waals surface area contributed by atoms with Crippen LogP contribution in [0.4, 0.5) is 0 Å². The molecule has 1 unspecified atom stereocenters. The fraction of sp³-hybridized carbons (Fsp3) is 0.500. The van der Waals surface area contributed by atoms with Gasteiger partial charge in [0.05, 0.1) is 0 Å². The molecule has 0 saturated heterocycles. The quantitative estimate of drug-likeness (QED) is 0.696. The Hall–Kier alpha value is -0.550. The number of hydrogen-bond acceptors (Lipinski definition) is 1. The van der Waals surface area contributed by atoms with Gasteiger partial charge in [-0.3, -0.25) is 0 Å². The highest BCUT2D eigenvalue weighted by molar-refractivity contribution is 7.71. The maximum Gasteiger partial charge on any atom is 0.115 e. The SMILES string of the molecule is CCCP(=O)(CC)c1ccccc1C. The lowest BCUT2D eigenvalue weighted by molar-refractivity contribution is 0.580. The van der Waals surface area contributed by atoms with Crippen LogP contribution in [0.25, 0.3) is 0 Å². The van der Waals surface area contributed by atoms with Crippen molar-refractivity contribution in [2.24, 2.45) is 0 Å². The molecule has 78 valence electrons. The normalized spacial score (nSPS) is 15.1. The summed E-state index contributed by atoms with van der Waals surface area (Å²) >= 11 is 0. The molecule has 0 aliphatic heterocycles. The predicted octanol–water partition coefficient (Wildman–Crippen LogP) is 3.41. The van der Waals surface area contributed by atoms with Crippen LogP contribution in [-0.2, 0) is 4.57 Å². The summed E-state index contributed by atoms with van der Waals surface area (Å²) in [5.41, 5.74) is 1.17. The monoisotopic (exact) mass is 210 g/mol. The molecule has 0 aliphatic carbocycles. The van der Waals surface area contributed by atoms with Crippen LogP contribution in [0, 0.1) is 6.92 Å². The van der Waals surface area contributed by atoms with Crippen molar-refractivity contribution in [3.8, 4) is 0 Å². The Morgan fingerprint density at radius 2 is 1.86 bits per heavy atom. The van der Waals surface area contributed by atoms with E-state index in [1.807, 2.05) is 38.1 Å². The molecule has 1 rings (SSSR count). The molecule has 2 heteroatoms. The molecule has 0 bridgehead atoms. The summed E-state index contributed by atoms with van der Waals surface area (Å²) in [5, 5.41) is 1.09. The molecule has 0 aliphatic rings. The van der Waals surface area contributed by atoms with Gasteiger partial charge in [-0.1, -0.05) is 38.1 Å². The number of rotatable bonds is 4. The third kappa shape index (κ3) is 2.27. The molecule has 0 heterocycles. The highest BCUT2D eigenvalue weighted by Crippen LogP contribution is 2.45. The van der Waals surface area contributed by atoms with Gasteiger partial charge in [-0.15, -0.1) is 0 Å². The number of hydrogen-bond donors (Lipinski definition) is 0. The summed E-state index contributed by atoms with van der Waals surface area (Å²) in [6, 6.07) is 8.06. The van der Waals surface area contributed by atoms with Crippen molar-refractivity contribution in [2.45, 2.75) is 27.2 Å². The molecule has 1 atom stereocenters. The van der Waals surface area contributed by atoms with Crippen molar-refractivity contribution in [3.05, 3.63) is 29.8 Å². The lowest BCUT2D eigenvalue weighted by Gasteiger charge is -2.17. The minimum absolute atomic E-state index is 0.783. The van der Waals surface area contributed by atoms with E-state index in [0.717, 1.165) is 24.0 Å². The molecule has 0 amide bonds. The van der Waals surface area contributed by atoms with Crippen LogP contribution >= 0.6 is 7.14 Å². The summed E-state index contributed by atoms with van der Waals surface area (Å²) in [6.45, 7) is 6.18. The van der Waals surface area contributed by atoms with E-state index in [0.29, 0.717) is 0 Å². The Morgan fingerprint density at radius 1 is 1.21 bits per heavy atom. The third-order valence-corrected chi connectivity index (χ3v) is 6.22. The van der Waals surface area contributed by atoms with E-state index in [-0.39, 0.29) is 0 Å². The minimum Gasteiger partial charge on any atom is -0.319 e. The molecular weight excluding hydrogens is 191 g/mol. The molecule has 14 heavy (non-hydrogen) atoms. The molecule has 1 aromatic rings. The zero-order valence-corrected chi connectivity index (χ0v) is 10.2. The van der Waals surface area contributed by atoms with Crippen molar-refractivity contribution in [2.75, 3.05) is 12.3 Å². The van der Waals surface area contributed by atoms with E-state index in [1.165, 1.54) is 5.56 Å². The van der Waals surface area contributed by atoms with Gasteiger partial charge in [0, 0.05) is 17.6 Å². The summed E-state index contributed by atoms with van der Waals surface area (Å²) in [4.78, 5) is 0. The van der Waals surface area contributed by atoms with Crippen LogP contribution in [0.15, 0.2) is 24.3 Å². The molecule has 1 nitrogen and oxygen atoms in total. The number of benzene rings is 1. The van der Waals surface area contributed by atoms with Crippen LogP contribution in [-0.4, -0.2) is 12.3 Å². The van der Waals surface area contributed by atoms with E-state index in [2.05, 4.69) is 6.92 Å². The smallest absolute Gasteiger partial charge is 0.115 e. The van der Waals surface area contributed by atoms with Gasteiger partial charge in [-0.25, -0.2) is 0 Å². The first-order valence-corrected chi connectivity index (χ1v) is 7.36. The van der Waals surface area contributed by atoms with E-state index in [9.17, 15) is 4.57 Å². The van der Waals surface area contributed by atoms with Crippen molar-refractivity contribution >= 4 is 12.4 Å². The fourth-order valence-corrected chi connectivity index (χ4v) is 4.53. The predicted molar refractivity (Wildman–Crippen MR) is 64.1 cm³/mol. The molecular formula is C12H19OP. The maximum atomic E-state index is 12.6. The van der Waals surface area contributed by atoms with Gasteiger partial charge >= 0.3 is 0 Å². The Balaban J connectivity index is 3.13. The number of aryl methyl sites for hydroxylation is 1. The second-order valence-electron chi connectivity index (χ2n) is 3.72. The second-order valence-corrected chi connectivity index (χ2v) is 7.06. The van der Waals surface area contributed by atoms with Crippen molar-refractivity contribution in [1.82, 2.24) is 0 Å².